The number of sulfonamides is 1. The topological polar surface area (TPSA) is 96.0 Å². The lowest BCUT2D eigenvalue weighted by molar-refractivity contribution is -0.141. The van der Waals surface area contributed by atoms with E-state index in [4.69, 9.17) is 16.3 Å². The zero-order valence-corrected chi connectivity index (χ0v) is 22.9. The number of hydrogen-bond acceptors (Lipinski definition) is 5. The zero-order chi connectivity index (χ0) is 26.7. The molecule has 1 N–H and O–H groups in total. The minimum Gasteiger partial charge on any atom is -0.495 e. The van der Waals surface area contributed by atoms with Crippen LogP contribution in [0.15, 0.2) is 48.5 Å². The molecule has 0 spiro atoms. The average Bonchev–Trinajstić information content (AvgIpc) is 2.85. The molecule has 0 saturated heterocycles. The molecule has 2 aromatic rings. The number of para-hydroxylation sites is 2. The Labute approximate surface area is 219 Å². The molecule has 36 heavy (non-hydrogen) atoms. The summed E-state index contributed by atoms with van der Waals surface area (Å²) in [7, 11) is -2.14. The Morgan fingerprint density at radius 2 is 1.75 bits per heavy atom. The molecular formula is C26H36ClN3O5S. The van der Waals surface area contributed by atoms with Gasteiger partial charge in [-0.3, -0.25) is 13.9 Å². The predicted octanol–water partition coefficient (Wildman–Crippen LogP) is 4.23. The van der Waals surface area contributed by atoms with Gasteiger partial charge in [-0.05, 0) is 49.1 Å². The lowest BCUT2D eigenvalue weighted by atomic mass is 10.1. The number of methoxy groups -OCH3 is 1. The summed E-state index contributed by atoms with van der Waals surface area (Å²) in [4.78, 5) is 27.8. The number of carbonyl (C=O) groups excluding carboxylic acids is 2. The maximum atomic E-state index is 13.4. The molecule has 0 aliphatic heterocycles. The van der Waals surface area contributed by atoms with Gasteiger partial charge in [0.2, 0.25) is 21.8 Å². The summed E-state index contributed by atoms with van der Waals surface area (Å²) in [5.74, 6) is 0.00244. The highest BCUT2D eigenvalue weighted by Crippen LogP contribution is 2.29. The molecule has 0 bridgehead atoms. The molecule has 198 valence electrons. The van der Waals surface area contributed by atoms with E-state index >= 15 is 0 Å². The number of carbonyl (C=O) groups is 2. The second kappa shape index (κ2) is 14.1. The third-order valence-corrected chi connectivity index (χ3v) is 7.14. The van der Waals surface area contributed by atoms with Crippen molar-refractivity contribution in [1.82, 2.24) is 10.2 Å². The standard InChI is InChI=1S/C26H36ClN3O5S/c1-5-17-28-26(32)22(6-2)29(19-20-13-15-21(27)16-14-20)25(31)12-9-18-30(36(4,33)34)23-10-7-8-11-24(23)35-3/h7-8,10-11,13-16,22H,5-6,9,12,17-19H2,1-4H3,(H,28,32). The van der Waals surface area contributed by atoms with Crippen molar-refractivity contribution >= 4 is 39.1 Å². The van der Waals surface area contributed by atoms with E-state index in [0.717, 1.165) is 18.2 Å². The molecule has 10 heteroatoms. The number of benzene rings is 2. The van der Waals surface area contributed by atoms with Crippen LogP contribution in [-0.4, -0.2) is 57.6 Å². The van der Waals surface area contributed by atoms with Crippen LogP contribution in [0, 0.1) is 0 Å². The highest BCUT2D eigenvalue weighted by Gasteiger charge is 2.29. The van der Waals surface area contributed by atoms with Gasteiger partial charge in [0.05, 0.1) is 19.1 Å². The van der Waals surface area contributed by atoms with E-state index in [-0.39, 0.29) is 37.7 Å². The molecule has 8 nitrogen and oxygen atoms in total. The van der Waals surface area contributed by atoms with Gasteiger partial charge in [-0.2, -0.15) is 0 Å². The molecule has 0 aromatic heterocycles. The van der Waals surface area contributed by atoms with Gasteiger partial charge in [0.15, 0.2) is 0 Å². The van der Waals surface area contributed by atoms with Crippen molar-refractivity contribution in [2.75, 3.05) is 30.8 Å². The summed E-state index contributed by atoms with van der Waals surface area (Å²) in [5.41, 5.74) is 1.26. The Morgan fingerprint density at radius 3 is 2.33 bits per heavy atom. The number of anilines is 1. The lowest BCUT2D eigenvalue weighted by Gasteiger charge is -2.31. The Hall–Kier alpha value is -2.78. The van der Waals surface area contributed by atoms with Crippen molar-refractivity contribution in [3.63, 3.8) is 0 Å². The van der Waals surface area contributed by atoms with Crippen LogP contribution in [0.3, 0.4) is 0 Å². The summed E-state index contributed by atoms with van der Waals surface area (Å²) >= 11 is 6.01. The largest absolute Gasteiger partial charge is 0.495 e. The molecule has 0 saturated carbocycles. The molecule has 2 rings (SSSR count). The first-order chi connectivity index (χ1) is 17.1. The highest BCUT2D eigenvalue weighted by molar-refractivity contribution is 7.92. The summed E-state index contributed by atoms with van der Waals surface area (Å²) in [6, 6.07) is 13.3. The Balaban J connectivity index is 2.22. The van der Waals surface area contributed by atoms with Gasteiger partial charge in [-0.15, -0.1) is 0 Å². The van der Waals surface area contributed by atoms with E-state index < -0.39 is 16.1 Å². The number of rotatable bonds is 14. The molecule has 1 atom stereocenters. The fourth-order valence-corrected chi connectivity index (χ4v) is 4.99. The number of amides is 2. The third kappa shape index (κ3) is 8.41. The fourth-order valence-electron chi connectivity index (χ4n) is 3.89. The van der Waals surface area contributed by atoms with Crippen LogP contribution in [0.1, 0.15) is 45.1 Å². The fraction of sp³-hybridized carbons (Fsp3) is 0.462. The van der Waals surface area contributed by atoms with Crippen LogP contribution in [0.2, 0.25) is 5.02 Å². The number of nitrogens with one attached hydrogen (secondary N) is 1. The normalized spacial score (nSPS) is 12.0. The Bertz CT molecular complexity index is 1110. The summed E-state index contributed by atoms with van der Waals surface area (Å²) in [6.45, 7) is 4.70. The van der Waals surface area contributed by atoms with Gasteiger partial charge < -0.3 is 15.0 Å². The van der Waals surface area contributed by atoms with E-state index in [9.17, 15) is 18.0 Å². The third-order valence-electron chi connectivity index (χ3n) is 5.71. The monoisotopic (exact) mass is 537 g/mol. The number of hydrogen-bond donors (Lipinski definition) is 1. The molecule has 0 fully saturated rings. The Kier molecular flexibility index (Phi) is 11.5. The van der Waals surface area contributed by atoms with Crippen molar-refractivity contribution in [1.29, 1.82) is 0 Å². The van der Waals surface area contributed by atoms with E-state index in [0.29, 0.717) is 29.4 Å². The van der Waals surface area contributed by atoms with Gasteiger partial charge >= 0.3 is 0 Å². The molecule has 0 aliphatic carbocycles. The van der Waals surface area contributed by atoms with Gasteiger partial charge in [-0.25, -0.2) is 8.42 Å². The van der Waals surface area contributed by atoms with Gasteiger partial charge in [0.1, 0.15) is 11.8 Å². The van der Waals surface area contributed by atoms with E-state index in [1.54, 1.807) is 41.3 Å². The van der Waals surface area contributed by atoms with Gasteiger partial charge in [0, 0.05) is 31.1 Å². The van der Waals surface area contributed by atoms with E-state index in [1.807, 2.05) is 26.0 Å². The van der Waals surface area contributed by atoms with E-state index in [1.165, 1.54) is 11.4 Å². The van der Waals surface area contributed by atoms with Crippen molar-refractivity contribution in [3.8, 4) is 5.75 Å². The lowest BCUT2D eigenvalue weighted by Crippen LogP contribution is -2.49. The summed E-state index contributed by atoms with van der Waals surface area (Å²) in [5, 5.41) is 3.47. The van der Waals surface area contributed by atoms with Gasteiger partial charge in [0.25, 0.3) is 0 Å². The first kappa shape index (κ1) is 29.5. The van der Waals surface area contributed by atoms with Crippen LogP contribution >= 0.6 is 11.6 Å². The van der Waals surface area contributed by atoms with Crippen molar-refractivity contribution in [3.05, 3.63) is 59.1 Å². The van der Waals surface area contributed by atoms with Crippen LogP contribution in [0.25, 0.3) is 0 Å². The summed E-state index contributed by atoms with van der Waals surface area (Å²) < 4.78 is 31.6. The zero-order valence-electron chi connectivity index (χ0n) is 21.4. The molecular weight excluding hydrogens is 502 g/mol. The van der Waals surface area contributed by atoms with Crippen molar-refractivity contribution in [2.45, 2.75) is 52.1 Å². The first-order valence-electron chi connectivity index (χ1n) is 12.0. The molecule has 0 heterocycles. The highest BCUT2D eigenvalue weighted by atomic mass is 35.5. The molecule has 2 amide bonds. The number of nitrogens with zero attached hydrogens (tertiary/aromatic N) is 2. The Morgan fingerprint density at radius 1 is 1.08 bits per heavy atom. The minimum absolute atomic E-state index is 0.0757. The second-order valence-electron chi connectivity index (χ2n) is 8.47. The summed E-state index contributed by atoms with van der Waals surface area (Å²) in [6.07, 6.45) is 2.71. The molecule has 0 radical (unpaired) electrons. The first-order valence-corrected chi connectivity index (χ1v) is 14.3. The van der Waals surface area contributed by atoms with Crippen molar-refractivity contribution < 1.29 is 22.7 Å². The average molecular weight is 538 g/mol. The second-order valence-corrected chi connectivity index (χ2v) is 10.8. The van der Waals surface area contributed by atoms with Crippen LogP contribution in [-0.2, 0) is 26.2 Å². The van der Waals surface area contributed by atoms with Crippen LogP contribution < -0.4 is 14.4 Å². The van der Waals surface area contributed by atoms with Crippen LogP contribution in [0.5, 0.6) is 5.75 Å². The molecule has 0 aliphatic rings. The van der Waals surface area contributed by atoms with Gasteiger partial charge in [-0.1, -0.05) is 49.7 Å². The maximum absolute atomic E-state index is 13.4. The smallest absolute Gasteiger partial charge is 0.242 e. The molecule has 1 unspecified atom stereocenters. The molecule has 2 aromatic carbocycles. The minimum atomic E-state index is -3.61. The predicted molar refractivity (Wildman–Crippen MR) is 144 cm³/mol. The van der Waals surface area contributed by atoms with Crippen molar-refractivity contribution in [2.24, 2.45) is 0 Å². The number of ether oxygens (including phenoxy) is 1. The quantitative estimate of drug-likeness (QED) is 0.389. The SMILES string of the molecule is CCCNC(=O)C(CC)N(Cc1ccc(Cl)cc1)C(=O)CCCN(c1ccccc1OC)S(C)(=O)=O. The number of halogens is 1. The maximum Gasteiger partial charge on any atom is 0.242 e. The van der Waals surface area contributed by atoms with Crippen LogP contribution in [0.4, 0.5) is 5.69 Å². The van der Waals surface area contributed by atoms with E-state index in [2.05, 4.69) is 5.32 Å².